The maximum absolute atomic E-state index is 13.2. The van der Waals surface area contributed by atoms with Gasteiger partial charge in [-0.15, -0.1) is 0 Å². The van der Waals surface area contributed by atoms with E-state index in [1.165, 1.54) is 6.92 Å². The summed E-state index contributed by atoms with van der Waals surface area (Å²) in [4.78, 5) is -0.0498. The van der Waals surface area contributed by atoms with Crippen molar-refractivity contribution >= 4 is 15.7 Å². The van der Waals surface area contributed by atoms with Crippen molar-refractivity contribution in [3.05, 3.63) is 23.5 Å². The first kappa shape index (κ1) is 14.9. The van der Waals surface area contributed by atoms with Crippen LogP contribution < -0.4 is 10.5 Å². The number of halogens is 1. The Bertz CT molecular complexity index is 531. The van der Waals surface area contributed by atoms with Gasteiger partial charge in [0.15, 0.2) is 0 Å². The van der Waals surface area contributed by atoms with Crippen LogP contribution in [0.3, 0.4) is 0 Å². The molecule has 7 heteroatoms. The van der Waals surface area contributed by atoms with Gasteiger partial charge in [0, 0.05) is 12.6 Å². The third-order valence-electron chi connectivity index (χ3n) is 2.50. The number of aliphatic hydroxyl groups excluding tert-OH is 1. The molecule has 0 spiro atoms. The van der Waals surface area contributed by atoms with Gasteiger partial charge < -0.3 is 10.8 Å². The van der Waals surface area contributed by atoms with Gasteiger partial charge in [-0.1, -0.05) is 0 Å². The lowest BCUT2D eigenvalue weighted by Gasteiger charge is -2.15. The lowest BCUT2D eigenvalue weighted by Crippen LogP contribution is -2.33. The fraction of sp³-hybridized carbons (Fsp3) is 0.455. The molecule has 4 N–H and O–H groups in total. The van der Waals surface area contributed by atoms with E-state index in [4.69, 9.17) is 10.8 Å². The van der Waals surface area contributed by atoms with Gasteiger partial charge >= 0.3 is 0 Å². The zero-order valence-corrected chi connectivity index (χ0v) is 11.1. The van der Waals surface area contributed by atoms with E-state index < -0.39 is 21.9 Å². The minimum Gasteiger partial charge on any atom is -0.396 e. The zero-order valence-electron chi connectivity index (χ0n) is 10.3. The molecule has 1 aromatic rings. The van der Waals surface area contributed by atoms with E-state index in [-0.39, 0.29) is 22.8 Å². The Morgan fingerprint density at radius 3 is 2.67 bits per heavy atom. The van der Waals surface area contributed by atoms with E-state index in [9.17, 15) is 12.8 Å². The van der Waals surface area contributed by atoms with E-state index in [0.717, 1.165) is 12.1 Å². The molecule has 1 atom stereocenters. The number of benzene rings is 1. The minimum absolute atomic E-state index is 0.0498. The average Bonchev–Trinajstić information content (AvgIpc) is 2.22. The van der Waals surface area contributed by atoms with E-state index in [2.05, 4.69) is 4.72 Å². The topological polar surface area (TPSA) is 92.4 Å². The number of aryl methyl sites for hydroxylation is 1. The van der Waals surface area contributed by atoms with Gasteiger partial charge in [0.1, 0.15) is 5.82 Å². The number of rotatable bonds is 5. The van der Waals surface area contributed by atoms with Crippen molar-refractivity contribution in [2.45, 2.75) is 31.2 Å². The van der Waals surface area contributed by atoms with Crippen LogP contribution in [0.15, 0.2) is 17.0 Å². The average molecular weight is 276 g/mol. The molecule has 0 fully saturated rings. The highest BCUT2D eigenvalue weighted by molar-refractivity contribution is 7.89. The summed E-state index contributed by atoms with van der Waals surface area (Å²) in [6, 6.07) is 1.77. The summed E-state index contributed by atoms with van der Waals surface area (Å²) in [7, 11) is -3.76. The maximum atomic E-state index is 13.2. The second-order valence-corrected chi connectivity index (χ2v) is 5.86. The number of aliphatic hydroxyl groups is 1. The molecule has 1 aromatic carbocycles. The Hall–Kier alpha value is -1.18. The smallest absolute Gasteiger partial charge is 0.241 e. The Morgan fingerprint density at radius 1 is 1.50 bits per heavy atom. The molecular formula is C11H17FN2O3S. The molecule has 5 nitrogen and oxygen atoms in total. The van der Waals surface area contributed by atoms with Crippen molar-refractivity contribution in [2.75, 3.05) is 12.3 Å². The number of hydrogen-bond acceptors (Lipinski definition) is 4. The summed E-state index contributed by atoms with van der Waals surface area (Å²) >= 11 is 0. The Balaban J connectivity index is 3.09. The quantitative estimate of drug-likeness (QED) is 0.692. The molecule has 0 aliphatic heterocycles. The van der Waals surface area contributed by atoms with Gasteiger partial charge in [0.2, 0.25) is 10.0 Å². The number of nitrogen functional groups attached to an aromatic ring is 1. The highest BCUT2D eigenvalue weighted by atomic mass is 32.2. The summed E-state index contributed by atoms with van der Waals surface area (Å²) in [5, 5.41) is 8.73. The fourth-order valence-corrected chi connectivity index (χ4v) is 3.08. The van der Waals surface area contributed by atoms with E-state index in [1.807, 2.05) is 0 Å². The molecule has 0 amide bonds. The van der Waals surface area contributed by atoms with Gasteiger partial charge in [-0.3, -0.25) is 0 Å². The number of anilines is 1. The van der Waals surface area contributed by atoms with Crippen LogP contribution in [0.4, 0.5) is 10.1 Å². The summed E-state index contributed by atoms with van der Waals surface area (Å²) in [6.07, 6.45) is 0.301. The Labute approximate surface area is 106 Å². The normalized spacial score (nSPS) is 13.6. The van der Waals surface area contributed by atoms with Crippen molar-refractivity contribution < 1.29 is 17.9 Å². The van der Waals surface area contributed by atoms with Crippen LogP contribution in [0, 0.1) is 12.7 Å². The molecule has 0 saturated carbocycles. The molecular weight excluding hydrogens is 259 g/mol. The molecule has 0 radical (unpaired) electrons. The van der Waals surface area contributed by atoms with Gasteiger partial charge in [0.25, 0.3) is 0 Å². The van der Waals surface area contributed by atoms with Crippen molar-refractivity contribution in [3.63, 3.8) is 0 Å². The molecule has 0 aliphatic carbocycles. The minimum atomic E-state index is -3.76. The first-order valence-electron chi connectivity index (χ1n) is 5.46. The Kier molecular flexibility index (Phi) is 4.66. The van der Waals surface area contributed by atoms with Crippen molar-refractivity contribution in [3.8, 4) is 0 Å². The number of nitrogens with two attached hydrogens (primary N) is 1. The zero-order chi connectivity index (χ0) is 13.9. The molecule has 0 heterocycles. The van der Waals surface area contributed by atoms with Crippen LogP contribution in [-0.2, 0) is 10.0 Å². The molecule has 1 unspecified atom stereocenters. The van der Waals surface area contributed by atoms with Crippen LogP contribution in [0.1, 0.15) is 18.9 Å². The SMILES string of the molecule is Cc1cc(F)c(N)cc1S(=O)(=O)NC(C)CCO. The highest BCUT2D eigenvalue weighted by Crippen LogP contribution is 2.21. The summed E-state index contributed by atoms with van der Waals surface area (Å²) in [6.45, 7) is 3.01. The van der Waals surface area contributed by atoms with E-state index >= 15 is 0 Å². The molecule has 0 aliphatic rings. The summed E-state index contributed by atoms with van der Waals surface area (Å²) < 4.78 is 39.6. The lowest BCUT2D eigenvalue weighted by molar-refractivity contribution is 0.275. The maximum Gasteiger partial charge on any atom is 0.241 e. The van der Waals surface area contributed by atoms with Gasteiger partial charge in [-0.2, -0.15) is 0 Å². The molecule has 18 heavy (non-hydrogen) atoms. The molecule has 0 bridgehead atoms. The Morgan fingerprint density at radius 2 is 2.11 bits per heavy atom. The lowest BCUT2D eigenvalue weighted by atomic mass is 10.2. The molecule has 102 valence electrons. The third kappa shape index (κ3) is 3.41. The summed E-state index contributed by atoms with van der Waals surface area (Å²) in [5.74, 6) is -0.644. The summed E-state index contributed by atoms with van der Waals surface area (Å²) in [5.41, 5.74) is 5.44. The van der Waals surface area contributed by atoms with Crippen LogP contribution in [0.2, 0.25) is 0 Å². The number of nitrogens with one attached hydrogen (secondary N) is 1. The molecule has 0 saturated heterocycles. The van der Waals surface area contributed by atoms with Crippen molar-refractivity contribution in [1.82, 2.24) is 4.72 Å². The second-order valence-electron chi connectivity index (χ2n) is 4.17. The van der Waals surface area contributed by atoms with E-state index in [1.54, 1.807) is 6.92 Å². The molecule has 1 rings (SSSR count). The van der Waals surface area contributed by atoms with Crippen LogP contribution in [0.5, 0.6) is 0 Å². The van der Waals surface area contributed by atoms with Gasteiger partial charge in [-0.25, -0.2) is 17.5 Å². The predicted octanol–water partition coefficient (Wildman–Crippen LogP) is 0.766. The monoisotopic (exact) mass is 276 g/mol. The van der Waals surface area contributed by atoms with Crippen molar-refractivity contribution in [1.29, 1.82) is 0 Å². The van der Waals surface area contributed by atoms with Gasteiger partial charge in [-0.05, 0) is 38.0 Å². The van der Waals surface area contributed by atoms with Crippen LogP contribution in [-0.4, -0.2) is 26.2 Å². The number of sulfonamides is 1. The van der Waals surface area contributed by atoms with Crippen LogP contribution >= 0.6 is 0 Å². The van der Waals surface area contributed by atoms with Crippen molar-refractivity contribution in [2.24, 2.45) is 0 Å². The predicted molar refractivity (Wildman–Crippen MR) is 67.0 cm³/mol. The standard InChI is InChI=1S/C11H17FN2O3S/c1-7-5-9(12)10(13)6-11(7)18(16,17)14-8(2)3-4-15/h5-6,8,14-15H,3-4,13H2,1-2H3. The van der Waals surface area contributed by atoms with Gasteiger partial charge in [0.05, 0.1) is 10.6 Å². The number of hydrogen-bond donors (Lipinski definition) is 3. The second kappa shape index (κ2) is 5.64. The largest absolute Gasteiger partial charge is 0.396 e. The first-order chi connectivity index (χ1) is 8.27. The first-order valence-corrected chi connectivity index (χ1v) is 6.95. The molecule has 0 aromatic heterocycles. The van der Waals surface area contributed by atoms with E-state index in [0.29, 0.717) is 6.42 Å². The third-order valence-corrected chi connectivity index (χ3v) is 4.23. The fourth-order valence-electron chi connectivity index (χ4n) is 1.54. The highest BCUT2D eigenvalue weighted by Gasteiger charge is 2.20. The van der Waals surface area contributed by atoms with Crippen LogP contribution in [0.25, 0.3) is 0 Å².